The second-order valence-electron chi connectivity index (χ2n) is 3.18. The molecule has 1 aromatic rings. The summed E-state index contributed by atoms with van der Waals surface area (Å²) in [7, 11) is 4.00. The Labute approximate surface area is 83.9 Å². The van der Waals surface area contributed by atoms with E-state index in [1.54, 1.807) is 0 Å². The van der Waals surface area contributed by atoms with Crippen LogP contribution >= 0.6 is 0 Å². The van der Waals surface area contributed by atoms with Gasteiger partial charge in [-0.2, -0.15) is 0 Å². The van der Waals surface area contributed by atoms with Gasteiger partial charge < -0.3 is 4.90 Å². The van der Waals surface area contributed by atoms with Crippen molar-refractivity contribution in [2.24, 2.45) is 0 Å². The molecule has 0 fully saturated rings. The van der Waals surface area contributed by atoms with Gasteiger partial charge in [0.25, 0.3) is 0 Å². The molecule has 0 atom stereocenters. The Morgan fingerprint density at radius 1 is 1.29 bits per heavy atom. The van der Waals surface area contributed by atoms with Gasteiger partial charge in [0.2, 0.25) is 6.41 Å². The van der Waals surface area contributed by atoms with E-state index in [-0.39, 0.29) is 0 Å². The van der Waals surface area contributed by atoms with Crippen LogP contribution in [0.15, 0.2) is 24.3 Å². The summed E-state index contributed by atoms with van der Waals surface area (Å²) in [6, 6.07) is 8.12. The molecule has 4 nitrogen and oxygen atoms in total. The van der Waals surface area contributed by atoms with Crippen molar-refractivity contribution in [2.75, 3.05) is 19.0 Å². The Morgan fingerprint density at radius 3 is 2.43 bits per heavy atom. The van der Waals surface area contributed by atoms with Crippen LogP contribution in [0.5, 0.6) is 0 Å². The van der Waals surface area contributed by atoms with Gasteiger partial charge in [0, 0.05) is 26.3 Å². The largest absolute Gasteiger partial charge is 0.378 e. The Balaban J connectivity index is 2.51. The molecule has 0 bridgehead atoms. The maximum Gasteiger partial charge on any atom is 0.221 e. The van der Waals surface area contributed by atoms with Crippen molar-refractivity contribution in [3.05, 3.63) is 29.8 Å². The lowest BCUT2D eigenvalue weighted by Gasteiger charge is -2.12. The van der Waals surface area contributed by atoms with E-state index < -0.39 is 0 Å². The molecule has 2 N–H and O–H groups in total. The molecule has 0 aliphatic heterocycles. The number of hydrogen-bond acceptors (Lipinski definition) is 3. The molecule has 1 aromatic carbocycles. The average molecular weight is 193 g/mol. The summed E-state index contributed by atoms with van der Waals surface area (Å²) in [5, 5.41) is 0. The molecule has 4 heteroatoms. The number of carbonyl (C=O) groups excluding carboxylic acids is 1. The molecule has 0 saturated heterocycles. The van der Waals surface area contributed by atoms with Gasteiger partial charge in [0.15, 0.2) is 0 Å². The number of benzene rings is 1. The van der Waals surface area contributed by atoms with Gasteiger partial charge in [-0.1, -0.05) is 12.1 Å². The number of nitrogens with zero attached hydrogens (tertiary/aromatic N) is 1. The van der Waals surface area contributed by atoms with Crippen LogP contribution in [-0.2, 0) is 11.3 Å². The molecule has 76 valence electrons. The Hall–Kier alpha value is -1.55. The van der Waals surface area contributed by atoms with Crippen LogP contribution < -0.4 is 15.8 Å². The molecule has 0 aliphatic rings. The first kappa shape index (κ1) is 10.5. The SMILES string of the molecule is CN(C)c1ccc(CNNC=O)cc1. The highest BCUT2D eigenvalue weighted by molar-refractivity contribution is 5.46. The van der Waals surface area contributed by atoms with Crippen LogP contribution in [0, 0.1) is 0 Å². The summed E-state index contributed by atoms with van der Waals surface area (Å²) >= 11 is 0. The van der Waals surface area contributed by atoms with E-state index in [1.807, 2.05) is 43.3 Å². The van der Waals surface area contributed by atoms with Crippen LogP contribution in [0.2, 0.25) is 0 Å². The first-order valence-corrected chi connectivity index (χ1v) is 4.42. The number of hydrogen-bond donors (Lipinski definition) is 2. The van der Waals surface area contributed by atoms with E-state index in [4.69, 9.17) is 0 Å². The zero-order valence-corrected chi connectivity index (χ0v) is 8.45. The molecular formula is C10H15N3O. The van der Waals surface area contributed by atoms with Crippen LogP contribution in [0.25, 0.3) is 0 Å². The predicted octanol–water partition coefficient (Wildman–Crippen LogP) is 0.503. The quantitative estimate of drug-likeness (QED) is 0.407. The van der Waals surface area contributed by atoms with E-state index in [2.05, 4.69) is 10.9 Å². The maximum absolute atomic E-state index is 9.96. The first-order valence-electron chi connectivity index (χ1n) is 4.42. The summed E-state index contributed by atoms with van der Waals surface area (Å²) in [6.45, 7) is 0.631. The van der Waals surface area contributed by atoms with Crippen molar-refractivity contribution in [2.45, 2.75) is 6.54 Å². The molecule has 0 heterocycles. The minimum absolute atomic E-state index is 0.619. The number of rotatable bonds is 5. The van der Waals surface area contributed by atoms with Crippen LogP contribution in [-0.4, -0.2) is 20.5 Å². The van der Waals surface area contributed by atoms with Crippen molar-refractivity contribution in [3.63, 3.8) is 0 Å². The number of hydrazine groups is 1. The summed E-state index contributed by atoms with van der Waals surface area (Å²) in [5.74, 6) is 0. The number of carbonyl (C=O) groups is 1. The third kappa shape index (κ3) is 3.06. The van der Waals surface area contributed by atoms with E-state index >= 15 is 0 Å². The molecule has 0 radical (unpaired) electrons. The fourth-order valence-electron chi connectivity index (χ4n) is 1.11. The average Bonchev–Trinajstić information content (AvgIpc) is 2.19. The van der Waals surface area contributed by atoms with E-state index in [9.17, 15) is 4.79 Å². The molecule has 0 aromatic heterocycles. The highest BCUT2D eigenvalue weighted by atomic mass is 16.1. The summed E-state index contributed by atoms with van der Waals surface area (Å²) in [5.41, 5.74) is 7.46. The zero-order valence-electron chi connectivity index (χ0n) is 8.45. The van der Waals surface area contributed by atoms with Gasteiger partial charge in [-0.15, -0.1) is 0 Å². The van der Waals surface area contributed by atoms with Gasteiger partial charge in [-0.05, 0) is 17.7 Å². The maximum atomic E-state index is 9.96. The molecule has 1 rings (SSSR count). The zero-order chi connectivity index (χ0) is 10.4. The van der Waals surface area contributed by atoms with Crippen molar-refractivity contribution in [3.8, 4) is 0 Å². The van der Waals surface area contributed by atoms with Gasteiger partial charge in [0.05, 0.1) is 0 Å². The summed E-state index contributed by atoms with van der Waals surface area (Å²) < 4.78 is 0. The van der Waals surface area contributed by atoms with Gasteiger partial charge in [0.1, 0.15) is 0 Å². The number of nitrogens with one attached hydrogen (secondary N) is 2. The predicted molar refractivity (Wildman–Crippen MR) is 56.8 cm³/mol. The molecule has 1 amide bonds. The third-order valence-electron chi connectivity index (χ3n) is 1.91. The van der Waals surface area contributed by atoms with Crippen LogP contribution in [0.3, 0.4) is 0 Å². The minimum atomic E-state index is 0.619. The molecule has 0 unspecified atom stereocenters. The lowest BCUT2D eigenvalue weighted by molar-refractivity contribution is -0.110. The Kier molecular flexibility index (Phi) is 3.94. The van der Waals surface area contributed by atoms with E-state index in [0.717, 1.165) is 11.3 Å². The second-order valence-corrected chi connectivity index (χ2v) is 3.18. The van der Waals surface area contributed by atoms with Crippen LogP contribution in [0.4, 0.5) is 5.69 Å². The molecule has 0 saturated carbocycles. The van der Waals surface area contributed by atoms with E-state index in [0.29, 0.717) is 13.0 Å². The molecule has 0 aliphatic carbocycles. The third-order valence-corrected chi connectivity index (χ3v) is 1.91. The number of anilines is 1. The van der Waals surface area contributed by atoms with Crippen molar-refractivity contribution in [1.29, 1.82) is 0 Å². The number of amides is 1. The molecule has 0 spiro atoms. The second kappa shape index (κ2) is 5.24. The molecule has 14 heavy (non-hydrogen) atoms. The van der Waals surface area contributed by atoms with Gasteiger partial charge in [-0.3, -0.25) is 10.2 Å². The van der Waals surface area contributed by atoms with E-state index in [1.165, 1.54) is 0 Å². The lowest BCUT2D eigenvalue weighted by atomic mass is 10.2. The normalized spacial score (nSPS) is 9.57. The van der Waals surface area contributed by atoms with Crippen molar-refractivity contribution in [1.82, 2.24) is 10.9 Å². The Morgan fingerprint density at radius 2 is 1.93 bits per heavy atom. The highest BCUT2D eigenvalue weighted by Crippen LogP contribution is 2.11. The summed E-state index contributed by atoms with van der Waals surface area (Å²) in [4.78, 5) is 12.0. The fourth-order valence-corrected chi connectivity index (χ4v) is 1.11. The smallest absolute Gasteiger partial charge is 0.221 e. The van der Waals surface area contributed by atoms with Crippen molar-refractivity contribution < 1.29 is 4.79 Å². The minimum Gasteiger partial charge on any atom is -0.378 e. The first-order chi connectivity index (χ1) is 6.74. The summed E-state index contributed by atoms with van der Waals surface area (Å²) in [6.07, 6.45) is 0.619. The standard InChI is InChI=1S/C10H15N3O/c1-13(2)10-5-3-9(4-6-10)7-11-12-8-14/h3-6,8,11H,7H2,1-2H3,(H,12,14). The molecular weight excluding hydrogens is 178 g/mol. The Bertz CT molecular complexity index is 282. The van der Waals surface area contributed by atoms with Crippen LogP contribution in [0.1, 0.15) is 5.56 Å². The monoisotopic (exact) mass is 193 g/mol. The lowest BCUT2D eigenvalue weighted by Crippen LogP contribution is -2.29. The van der Waals surface area contributed by atoms with Crippen molar-refractivity contribution >= 4 is 12.1 Å². The highest BCUT2D eigenvalue weighted by Gasteiger charge is 1.95. The fraction of sp³-hybridized carbons (Fsp3) is 0.300. The van der Waals surface area contributed by atoms with Gasteiger partial charge >= 0.3 is 0 Å². The van der Waals surface area contributed by atoms with Gasteiger partial charge in [-0.25, -0.2) is 5.43 Å². The topological polar surface area (TPSA) is 44.4 Å².